The van der Waals surface area contributed by atoms with Crippen LogP contribution in [0.3, 0.4) is 0 Å². The molecule has 18 heavy (non-hydrogen) atoms. The van der Waals surface area contributed by atoms with Gasteiger partial charge >= 0.3 is 0 Å². The second-order valence-electron chi connectivity index (χ2n) is 5.86. The fraction of sp³-hybridized carbons (Fsp3) is 0.857. The van der Waals surface area contributed by atoms with Crippen molar-refractivity contribution in [3.05, 3.63) is 0 Å². The van der Waals surface area contributed by atoms with Crippen LogP contribution in [-0.4, -0.2) is 46.8 Å². The third-order valence-corrected chi connectivity index (χ3v) is 4.41. The summed E-state index contributed by atoms with van der Waals surface area (Å²) >= 11 is 0. The summed E-state index contributed by atoms with van der Waals surface area (Å²) < 4.78 is 0. The van der Waals surface area contributed by atoms with E-state index in [1.807, 2.05) is 9.80 Å². The Kier molecular flexibility index (Phi) is 3.93. The van der Waals surface area contributed by atoms with Crippen molar-refractivity contribution >= 4 is 11.8 Å². The quantitative estimate of drug-likeness (QED) is 0.749. The Balaban J connectivity index is 2.20. The number of carbonyl (C=O) groups excluding carboxylic acids is 2. The molecule has 2 unspecified atom stereocenters. The van der Waals surface area contributed by atoms with Gasteiger partial charge in [-0.25, -0.2) is 0 Å². The predicted octanol–water partition coefficient (Wildman–Crippen LogP) is 1.64. The van der Waals surface area contributed by atoms with Crippen LogP contribution in [0.15, 0.2) is 0 Å². The van der Waals surface area contributed by atoms with E-state index in [-0.39, 0.29) is 23.9 Å². The lowest BCUT2D eigenvalue weighted by Gasteiger charge is -2.37. The maximum absolute atomic E-state index is 12.6. The van der Waals surface area contributed by atoms with Crippen LogP contribution in [0, 0.1) is 5.92 Å². The first kappa shape index (κ1) is 13.4. The number of rotatable bonds is 2. The summed E-state index contributed by atoms with van der Waals surface area (Å²) in [5.41, 5.74) is 0. The van der Waals surface area contributed by atoms with Crippen molar-refractivity contribution in [3.63, 3.8) is 0 Å². The van der Waals surface area contributed by atoms with Gasteiger partial charge in [0.25, 0.3) is 0 Å². The van der Waals surface area contributed by atoms with E-state index >= 15 is 0 Å². The topological polar surface area (TPSA) is 40.6 Å². The van der Waals surface area contributed by atoms with Crippen LogP contribution in [0.25, 0.3) is 0 Å². The summed E-state index contributed by atoms with van der Waals surface area (Å²) in [5, 5.41) is 0. The molecule has 2 fully saturated rings. The molecular weight excluding hydrogens is 228 g/mol. The Hall–Kier alpha value is -1.06. The van der Waals surface area contributed by atoms with Crippen LogP contribution in [0.4, 0.5) is 0 Å². The van der Waals surface area contributed by atoms with E-state index in [0.717, 1.165) is 25.8 Å². The number of hydrogen-bond donors (Lipinski definition) is 0. The third-order valence-electron chi connectivity index (χ3n) is 4.41. The van der Waals surface area contributed by atoms with Crippen molar-refractivity contribution in [3.8, 4) is 0 Å². The zero-order valence-electron chi connectivity index (χ0n) is 11.7. The van der Waals surface area contributed by atoms with Gasteiger partial charge in [-0.2, -0.15) is 0 Å². The van der Waals surface area contributed by atoms with E-state index in [9.17, 15) is 9.59 Å². The lowest BCUT2D eigenvalue weighted by atomic mass is 9.99. The van der Waals surface area contributed by atoms with Crippen LogP contribution in [0.1, 0.15) is 46.5 Å². The average Bonchev–Trinajstić information content (AvgIpc) is 2.48. The molecule has 0 aromatic heterocycles. The Morgan fingerprint density at radius 3 is 2.50 bits per heavy atom. The van der Waals surface area contributed by atoms with E-state index in [1.165, 1.54) is 0 Å². The molecule has 2 heterocycles. The lowest BCUT2D eigenvalue weighted by Crippen LogP contribution is -2.52. The van der Waals surface area contributed by atoms with Crippen molar-refractivity contribution in [2.45, 2.75) is 58.5 Å². The molecule has 0 spiro atoms. The highest BCUT2D eigenvalue weighted by Crippen LogP contribution is 2.25. The molecule has 0 radical (unpaired) electrons. The molecule has 0 aromatic rings. The monoisotopic (exact) mass is 252 g/mol. The maximum Gasteiger partial charge on any atom is 0.245 e. The van der Waals surface area contributed by atoms with Crippen LogP contribution in [0.5, 0.6) is 0 Å². The summed E-state index contributed by atoms with van der Waals surface area (Å²) in [6, 6.07) is 0.0297. The van der Waals surface area contributed by atoms with Crippen LogP contribution in [0.2, 0.25) is 0 Å². The minimum Gasteiger partial charge on any atom is -0.337 e. The number of nitrogens with zero attached hydrogens (tertiary/aromatic N) is 2. The number of hydrogen-bond acceptors (Lipinski definition) is 2. The minimum atomic E-state index is -0.185. The summed E-state index contributed by atoms with van der Waals surface area (Å²) in [5.74, 6) is 0.757. The Bertz CT molecular complexity index is 341. The minimum absolute atomic E-state index is 0.159. The molecule has 4 nitrogen and oxygen atoms in total. The highest BCUT2D eigenvalue weighted by atomic mass is 16.2. The molecule has 0 aromatic carbocycles. The first-order chi connectivity index (χ1) is 8.52. The van der Waals surface area contributed by atoms with Gasteiger partial charge in [-0.1, -0.05) is 13.8 Å². The molecule has 2 amide bonds. The molecule has 0 N–H and O–H groups in total. The molecular formula is C14H24N2O2. The van der Waals surface area contributed by atoms with E-state index in [1.54, 1.807) is 0 Å². The molecule has 0 saturated carbocycles. The standard InChI is InChI=1S/C14H24N2O2/c1-10(2)11(3)15-9-7-13(17)16-8-5-4-6-12(16)14(15)18/h10-12H,4-9H2,1-3H3. The molecule has 0 aliphatic carbocycles. The molecule has 4 heteroatoms. The maximum atomic E-state index is 12.6. The number of fused-ring (bicyclic) bond motifs is 1. The molecule has 2 saturated heterocycles. The lowest BCUT2D eigenvalue weighted by molar-refractivity contribution is -0.144. The number of amides is 2. The zero-order valence-corrected chi connectivity index (χ0v) is 11.7. The summed E-state index contributed by atoms with van der Waals surface area (Å²) in [4.78, 5) is 28.4. The van der Waals surface area contributed by atoms with Gasteiger partial charge in [0.15, 0.2) is 0 Å². The predicted molar refractivity (Wildman–Crippen MR) is 70.0 cm³/mol. The molecule has 2 aliphatic rings. The van der Waals surface area contributed by atoms with E-state index < -0.39 is 0 Å². The van der Waals surface area contributed by atoms with Gasteiger partial charge in [-0.15, -0.1) is 0 Å². The van der Waals surface area contributed by atoms with Gasteiger partial charge in [0, 0.05) is 25.6 Å². The molecule has 2 aliphatic heterocycles. The molecule has 2 atom stereocenters. The summed E-state index contributed by atoms with van der Waals surface area (Å²) in [6.07, 6.45) is 3.42. The van der Waals surface area contributed by atoms with Gasteiger partial charge in [0.05, 0.1) is 0 Å². The second-order valence-corrected chi connectivity index (χ2v) is 5.86. The van der Waals surface area contributed by atoms with E-state index in [2.05, 4.69) is 20.8 Å². The Morgan fingerprint density at radius 2 is 1.83 bits per heavy atom. The van der Waals surface area contributed by atoms with Crippen LogP contribution >= 0.6 is 0 Å². The van der Waals surface area contributed by atoms with Crippen LogP contribution < -0.4 is 0 Å². The van der Waals surface area contributed by atoms with E-state index in [0.29, 0.717) is 18.9 Å². The molecule has 2 rings (SSSR count). The van der Waals surface area contributed by atoms with Gasteiger partial charge in [-0.05, 0) is 32.1 Å². The van der Waals surface area contributed by atoms with E-state index in [4.69, 9.17) is 0 Å². The van der Waals surface area contributed by atoms with Gasteiger partial charge < -0.3 is 9.80 Å². The summed E-state index contributed by atoms with van der Waals surface area (Å²) in [7, 11) is 0. The van der Waals surface area contributed by atoms with Crippen molar-refractivity contribution in [1.82, 2.24) is 9.80 Å². The Morgan fingerprint density at radius 1 is 1.11 bits per heavy atom. The largest absolute Gasteiger partial charge is 0.337 e. The van der Waals surface area contributed by atoms with Crippen LogP contribution in [-0.2, 0) is 9.59 Å². The molecule has 102 valence electrons. The first-order valence-electron chi connectivity index (χ1n) is 7.12. The smallest absolute Gasteiger partial charge is 0.245 e. The third kappa shape index (κ3) is 2.38. The normalized spacial score (nSPS) is 27.2. The first-order valence-corrected chi connectivity index (χ1v) is 7.12. The van der Waals surface area contributed by atoms with Crippen molar-refractivity contribution in [2.75, 3.05) is 13.1 Å². The molecule has 0 bridgehead atoms. The summed E-state index contributed by atoms with van der Waals surface area (Å²) in [6.45, 7) is 7.70. The fourth-order valence-electron chi connectivity index (χ4n) is 2.91. The van der Waals surface area contributed by atoms with Crippen molar-refractivity contribution in [1.29, 1.82) is 0 Å². The number of piperidine rings is 1. The SMILES string of the molecule is CC(C)C(C)N1CCC(=O)N2CCCCC2C1=O. The van der Waals surface area contributed by atoms with Crippen molar-refractivity contribution < 1.29 is 9.59 Å². The van der Waals surface area contributed by atoms with Gasteiger partial charge in [-0.3, -0.25) is 9.59 Å². The highest BCUT2D eigenvalue weighted by molar-refractivity contribution is 5.90. The van der Waals surface area contributed by atoms with Gasteiger partial charge in [0.1, 0.15) is 6.04 Å². The number of carbonyl (C=O) groups is 2. The second kappa shape index (κ2) is 5.29. The zero-order chi connectivity index (χ0) is 13.3. The highest BCUT2D eigenvalue weighted by Gasteiger charge is 2.39. The van der Waals surface area contributed by atoms with Gasteiger partial charge in [0.2, 0.25) is 11.8 Å². The average molecular weight is 252 g/mol. The van der Waals surface area contributed by atoms with Crippen molar-refractivity contribution in [2.24, 2.45) is 5.92 Å². The Labute approximate surface area is 109 Å². The fourth-order valence-corrected chi connectivity index (χ4v) is 2.91.